The van der Waals surface area contributed by atoms with Crippen molar-refractivity contribution < 1.29 is 14.9 Å². The molecule has 0 bridgehead atoms. The van der Waals surface area contributed by atoms with Gasteiger partial charge in [0, 0.05) is 6.61 Å². The molecule has 12 heavy (non-hydrogen) atoms. The van der Waals surface area contributed by atoms with Gasteiger partial charge >= 0.3 is 0 Å². The van der Waals surface area contributed by atoms with Crippen LogP contribution in [0.1, 0.15) is 34.1 Å². The molecule has 1 N–H and O–H groups in total. The van der Waals surface area contributed by atoms with E-state index in [2.05, 4.69) is 11.8 Å². The highest BCUT2D eigenvalue weighted by Gasteiger charge is 2.23. The zero-order chi connectivity index (χ0) is 9.56. The topological polar surface area (TPSA) is 38.7 Å². The fourth-order valence-electron chi connectivity index (χ4n) is 1.24. The first-order valence-corrected chi connectivity index (χ1v) is 4.59. The number of hydrogen-bond donors (Lipinski definition) is 1. The molecule has 0 aliphatic heterocycles. The lowest BCUT2D eigenvalue weighted by Gasteiger charge is -2.25. The van der Waals surface area contributed by atoms with Crippen LogP contribution in [0.25, 0.3) is 0 Å². The van der Waals surface area contributed by atoms with Crippen molar-refractivity contribution in [2.75, 3.05) is 6.61 Å². The van der Waals surface area contributed by atoms with Gasteiger partial charge in [-0.15, -0.1) is 0 Å². The average molecular weight is 176 g/mol. The molecule has 3 unspecified atom stereocenters. The van der Waals surface area contributed by atoms with Crippen molar-refractivity contribution in [3.05, 3.63) is 0 Å². The zero-order valence-corrected chi connectivity index (χ0v) is 8.41. The summed E-state index contributed by atoms with van der Waals surface area (Å²) in [6, 6.07) is 0. The minimum absolute atomic E-state index is 0.0463. The molecule has 0 aromatic rings. The van der Waals surface area contributed by atoms with Crippen molar-refractivity contribution in [2.24, 2.45) is 5.92 Å². The summed E-state index contributed by atoms with van der Waals surface area (Å²) in [5.74, 6) is 0.316. The molecule has 0 aromatic carbocycles. The summed E-state index contributed by atoms with van der Waals surface area (Å²) in [4.78, 5) is 4.39. The molecule has 0 amide bonds. The van der Waals surface area contributed by atoms with Crippen molar-refractivity contribution in [1.29, 1.82) is 0 Å². The van der Waals surface area contributed by atoms with Gasteiger partial charge in [-0.1, -0.05) is 20.3 Å². The van der Waals surface area contributed by atoms with E-state index in [1.807, 2.05) is 20.8 Å². The molecular formula is C9H20O3. The van der Waals surface area contributed by atoms with Crippen LogP contribution in [0.2, 0.25) is 0 Å². The summed E-state index contributed by atoms with van der Waals surface area (Å²) in [6.45, 7) is 8.60. The average Bonchev–Trinajstić information content (AvgIpc) is 2.06. The van der Waals surface area contributed by atoms with Crippen LogP contribution in [-0.4, -0.2) is 24.1 Å². The molecular weight excluding hydrogens is 156 g/mol. The molecule has 0 aliphatic rings. The Morgan fingerprint density at radius 1 is 1.25 bits per heavy atom. The highest BCUT2D eigenvalue weighted by Crippen LogP contribution is 2.16. The second-order valence-corrected chi connectivity index (χ2v) is 3.12. The lowest BCUT2D eigenvalue weighted by atomic mass is 9.98. The maximum absolute atomic E-state index is 8.64. The molecule has 0 fully saturated rings. The molecule has 0 radical (unpaired) electrons. The highest BCUT2D eigenvalue weighted by molar-refractivity contribution is 4.70. The van der Waals surface area contributed by atoms with Crippen LogP contribution in [0, 0.1) is 5.92 Å². The number of hydrogen-bond acceptors (Lipinski definition) is 3. The summed E-state index contributed by atoms with van der Waals surface area (Å²) in [6.07, 6.45) is 0.715. The van der Waals surface area contributed by atoms with Crippen LogP contribution < -0.4 is 0 Å². The Balaban J connectivity index is 3.94. The Labute approximate surface area is 74.6 Å². The summed E-state index contributed by atoms with van der Waals surface area (Å²) in [5.41, 5.74) is 0. The van der Waals surface area contributed by atoms with Crippen LogP contribution >= 0.6 is 0 Å². The van der Waals surface area contributed by atoms with E-state index >= 15 is 0 Å². The third-order valence-electron chi connectivity index (χ3n) is 2.22. The summed E-state index contributed by atoms with van der Waals surface area (Å²) >= 11 is 0. The van der Waals surface area contributed by atoms with Crippen LogP contribution in [0.5, 0.6) is 0 Å². The summed E-state index contributed by atoms with van der Waals surface area (Å²) < 4.78 is 5.33. The summed E-state index contributed by atoms with van der Waals surface area (Å²) in [7, 11) is 0. The monoisotopic (exact) mass is 176 g/mol. The van der Waals surface area contributed by atoms with E-state index in [4.69, 9.17) is 9.99 Å². The molecule has 3 heteroatoms. The van der Waals surface area contributed by atoms with E-state index in [1.54, 1.807) is 0 Å². The van der Waals surface area contributed by atoms with Gasteiger partial charge in [0.1, 0.15) is 6.10 Å². The second-order valence-electron chi connectivity index (χ2n) is 3.12. The Morgan fingerprint density at radius 3 is 2.17 bits per heavy atom. The largest absolute Gasteiger partial charge is 0.376 e. The van der Waals surface area contributed by atoms with Gasteiger partial charge in [0.2, 0.25) is 0 Å². The second kappa shape index (κ2) is 6.40. The van der Waals surface area contributed by atoms with E-state index in [9.17, 15) is 0 Å². The number of ether oxygens (including phenoxy) is 1. The molecule has 3 atom stereocenters. The van der Waals surface area contributed by atoms with E-state index in [0.29, 0.717) is 12.5 Å². The Bertz CT molecular complexity index is 106. The fraction of sp³-hybridized carbons (Fsp3) is 1.00. The van der Waals surface area contributed by atoms with Crippen molar-refractivity contribution in [1.82, 2.24) is 0 Å². The van der Waals surface area contributed by atoms with Gasteiger partial charge in [-0.25, -0.2) is 4.89 Å². The first-order valence-electron chi connectivity index (χ1n) is 4.59. The number of rotatable bonds is 6. The molecule has 0 rings (SSSR count). The van der Waals surface area contributed by atoms with Crippen molar-refractivity contribution in [2.45, 2.75) is 46.3 Å². The van der Waals surface area contributed by atoms with Gasteiger partial charge in [-0.05, 0) is 19.8 Å². The third kappa shape index (κ3) is 3.52. The molecule has 74 valence electrons. The molecule has 0 spiro atoms. The van der Waals surface area contributed by atoms with Crippen molar-refractivity contribution in [3.8, 4) is 0 Å². The van der Waals surface area contributed by atoms with Gasteiger partial charge in [-0.2, -0.15) is 0 Å². The van der Waals surface area contributed by atoms with Gasteiger partial charge in [0.05, 0.1) is 6.10 Å². The van der Waals surface area contributed by atoms with E-state index in [0.717, 1.165) is 6.42 Å². The Morgan fingerprint density at radius 2 is 1.83 bits per heavy atom. The van der Waals surface area contributed by atoms with Crippen molar-refractivity contribution in [3.63, 3.8) is 0 Å². The quantitative estimate of drug-likeness (QED) is 0.498. The maximum atomic E-state index is 8.64. The molecule has 0 saturated carbocycles. The van der Waals surface area contributed by atoms with Gasteiger partial charge < -0.3 is 4.74 Å². The minimum Gasteiger partial charge on any atom is -0.376 e. The van der Waals surface area contributed by atoms with Gasteiger partial charge in [-0.3, -0.25) is 5.26 Å². The predicted molar refractivity (Wildman–Crippen MR) is 48.0 cm³/mol. The van der Waals surface area contributed by atoms with E-state index in [1.165, 1.54) is 0 Å². The summed E-state index contributed by atoms with van der Waals surface area (Å²) in [5, 5.41) is 8.64. The van der Waals surface area contributed by atoms with E-state index < -0.39 is 0 Å². The van der Waals surface area contributed by atoms with E-state index in [-0.39, 0.29) is 12.2 Å². The fourth-order valence-corrected chi connectivity index (χ4v) is 1.24. The first kappa shape index (κ1) is 11.9. The molecule has 0 saturated heterocycles. The lowest BCUT2D eigenvalue weighted by molar-refractivity contribution is -0.309. The first-order chi connectivity index (χ1) is 5.67. The normalized spacial score (nSPS) is 18.8. The molecule has 0 aliphatic carbocycles. The maximum Gasteiger partial charge on any atom is 0.121 e. The standard InChI is InChI=1S/C9H20O3/c1-5-7(3)9(12-10)8(4)11-6-2/h7-10H,5-6H2,1-4H3. The highest BCUT2D eigenvalue weighted by atomic mass is 17.1. The third-order valence-corrected chi connectivity index (χ3v) is 2.22. The van der Waals surface area contributed by atoms with Crippen LogP contribution in [0.4, 0.5) is 0 Å². The van der Waals surface area contributed by atoms with Crippen LogP contribution in [0.3, 0.4) is 0 Å². The smallest absolute Gasteiger partial charge is 0.121 e. The predicted octanol–water partition coefficient (Wildman–Crippen LogP) is 2.32. The van der Waals surface area contributed by atoms with Crippen molar-refractivity contribution >= 4 is 0 Å². The SMILES string of the molecule is CCOC(C)C(OO)C(C)CC. The Kier molecular flexibility index (Phi) is 6.34. The van der Waals surface area contributed by atoms with Gasteiger partial charge in [0.15, 0.2) is 0 Å². The molecule has 0 aromatic heterocycles. The van der Waals surface area contributed by atoms with Crippen LogP contribution in [0.15, 0.2) is 0 Å². The molecule has 3 nitrogen and oxygen atoms in total. The zero-order valence-electron chi connectivity index (χ0n) is 8.41. The van der Waals surface area contributed by atoms with Crippen LogP contribution in [-0.2, 0) is 9.62 Å². The molecule has 0 heterocycles. The minimum atomic E-state index is -0.213. The lowest BCUT2D eigenvalue weighted by Crippen LogP contribution is -2.33. The van der Waals surface area contributed by atoms with Gasteiger partial charge in [0.25, 0.3) is 0 Å². The Hall–Kier alpha value is -0.120.